The minimum atomic E-state index is -0.370. The number of ether oxygens (including phenoxy) is 2. The van der Waals surface area contributed by atoms with E-state index in [1.807, 2.05) is 6.08 Å². The van der Waals surface area contributed by atoms with Crippen LogP contribution in [0.1, 0.15) is 73.1 Å². The van der Waals surface area contributed by atoms with Crippen molar-refractivity contribution in [3.8, 4) is 0 Å². The van der Waals surface area contributed by atoms with Gasteiger partial charge in [0.2, 0.25) is 0 Å². The van der Waals surface area contributed by atoms with Crippen LogP contribution in [0.25, 0.3) is 0 Å². The molecule has 0 aliphatic heterocycles. The van der Waals surface area contributed by atoms with Crippen LogP contribution in [0.3, 0.4) is 0 Å². The molecular formula is C24H36O5. The second-order valence-electron chi connectivity index (χ2n) is 10.4. The highest BCUT2D eigenvalue weighted by Crippen LogP contribution is 2.68. The number of rotatable bonds is 5. The van der Waals surface area contributed by atoms with Crippen LogP contribution in [-0.4, -0.2) is 31.4 Å². The summed E-state index contributed by atoms with van der Waals surface area (Å²) in [6.45, 7) is 10.5. The zero-order chi connectivity index (χ0) is 21.4. The average Bonchev–Trinajstić information content (AvgIpc) is 2.63. The van der Waals surface area contributed by atoms with Gasteiger partial charge in [0.15, 0.2) is 0 Å². The summed E-state index contributed by atoms with van der Waals surface area (Å²) in [5.74, 6) is 0.00281. The van der Waals surface area contributed by atoms with Gasteiger partial charge in [-0.15, -0.1) is 0 Å². The van der Waals surface area contributed by atoms with E-state index in [4.69, 9.17) is 9.47 Å². The molecule has 0 aromatic heterocycles. The number of fused-ring (bicyclic) bond motifs is 3. The molecule has 0 aromatic rings. The van der Waals surface area contributed by atoms with Crippen molar-refractivity contribution in [2.45, 2.75) is 73.1 Å². The monoisotopic (exact) mass is 404 g/mol. The van der Waals surface area contributed by atoms with Crippen molar-refractivity contribution in [3.63, 3.8) is 0 Å². The number of hydrogen-bond acceptors (Lipinski definition) is 5. The number of carbonyl (C=O) groups excluding carboxylic acids is 3. The smallest absolute Gasteiger partial charge is 0.302 e. The van der Waals surface area contributed by atoms with Crippen LogP contribution in [0, 0.1) is 34.0 Å². The Hall–Kier alpha value is -1.65. The van der Waals surface area contributed by atoms with Crippen LogP contribution in [0.4, 0.5) is 0 Å². The second kappa shape index (κ2) is 7.88. The largest absolute Gasteiger partial charge is 0.465 e. The van der Waals surface area contributed by atoms with E-state index in [1.165, 1.54) is 26.7 Å². The van der Waals surface area contributed by atoms with Gasteiger partial charge in [0.05, 0.1) is 13.2 Å². The van der Waals surface area contributed by atoms with Crippen molar-refractivity contribution >= 4 is 18.2 Å². The molecular weight excluding hydrogens is 368 g/mol. The Morgan fingerprint density at radius 3 is 2.38 bits per heavy atom. The van der Waals surface area contributed by atoms with Gasteiger partial charge < -0.3 is 9.47 Å². The Morgan fingerprint density at radius 1 is 1.07 bits per heavy atom. The second-order valence-corrected chi connectivity index (χ2v) is 10.4. The molecule has 0 N–H and O–H groups in total. The van der Waals surface area contributed by atoms with Crippen LogP contribution in [-0.2, 0) is 23.9 Å². The molecule has 3 aliphatic carbocycles. The summed E-state index contributed by atoms with van der Waals surface area (Å²) in [5.41, 5.74) is 0.706. The molecule has 0 heterocycles. The highest BCUT2D eigenvalue weighted by atomic mass is 16.5. The Bertz CT molecular complexity index is 708. The van der Waals surface area contributed by atoms with E-state index >= 15 is 0 Å². The molecule has 0 bridgehead atoms. The van der Waals surface area contributed by atoms with Crippen LogP contribution >= 0.6 is 0 Å². The zero-order valence-electron chi connectivity index (χ0n) is 18.6. The number of aldehydes is 1. The summed E-state index contributed by atoms with van der Waals surface area (Å²) in [6, 6.07) is 0. The normalized spacial score (nSPS) is 38.1. The van der Waals surface area contributed by atoms with Gasteiger partial charge in [-0.2, -0.15) is 0 Å². The average molecular weight is 405 g/mol. The summed E-state index contributed by atoms with van der Waals surface area (Å²) in [4.78, 5) is 35.2. The standard InChI is InChI=1S/C24H36O5/c1-16(26)28-14-19-18(13-25)7-8-21-23(5)11-6-10-22(3,4)20(23)9-12-24(19,21)15-29-17(2)27/h7,13,19-21H,6,8-12,14-15H2,1-5H3/t19-,20+,21-,23+,24-/m1/s1. The lowest BCUT2D eigenvalue weighted by Gasteiger charge is -2.65. The maximum absolute atomic E-state index is 11.9. The van der Waals surface area contributed by atoms with Gasteiger partial charge in [0.25, 0.3) is 0 Å². The van der Waals surface area contributed by atoms with Crippen molar-refractivity contribution in [1.82, 2.24) is 0 Å². The van der Waals surface area contributed by atoms with Crippen LogP contribution < -0.4 is 0 Å². The Morgan fingerprint density at radius 2 is 1.76 bits per heavy atom. The first kappa shape index (κ1) is 22.0. The van der Waals surface area contributed by atoms with Crippen molar-refractivity contribution in [3.05, 3.63) is 11.6 Å². The van der Waals surface area contributed by atoms with Crippen LogP contribution in [0.5, 0.6) is 0 Å². The SMILES string of the molecule is CC(=O)OC[C@@H]1C(C=O)=CC[C@@H]2[C@@]3(C)CCCC(C)(C)[C@@H]3CC[C@@]12COC(C)=O. The van der Waals surface area contributed by atoms with Crippen molar-refractivity contribution < 1.29 is 23.9 Å². The highest BCUT2D eigenvalue weighted by Gasteiger charge is 2.63. The minimum Gasteiger partial charge on any atom is -0.465 e. The van der Waals surface area contributed by atoms with Crippen LogP contribution in [0.15, 0.2) is 11.6 Å². The maximum atomic E-state index is 11.9. The Kier molecular flexibility index (Phi) is 5.99. The lowest BCUT2D eigenvalue weighted by atomic mass is 9.39. The fourth-order valence-electron chi connectivity index (χ4n) is 7.30. The van der Waals surface area contributed by atoms with E-state index < -0.39 is 0 Å². The van der Waals surface area contributed by atoms with E-state index in [2.05, 4.69) is 20.8 Å². The molecule has 0 amide bonds. The van der Waals surface area contributed by atoms with Gasteiger partial charge in [-0.05, 0) is 60.3 Å². The van der Waals surface area contributed by atoms with E-state index in [-0.39, 0.29) is 53.2 Å². The molecule has 162 valence electrons. The van der Waals surface area contributed by atoms with E-state index in [0.29, 0.717) is 11.5 Å². The van der Waals surface area contributed by atoms with Gasteiger partial charge >= 0.3 is 11.9 Å². The van der Waals surface area contributed by atoms with Gasteiger partial charge in [0.1, 0.15) is 6.29 Å². The predicted octanol–water partition coefficient (Wildman–Crippen LogP) is 4.49. The van der Waals surface area contributed by atoms with Gasteiger partial charge in [-0.25, -0.2) is 0 Å². The molecule has 29 heavy (non-hydrogen) atoms. The molecule has 0 spiro atoms. The van der Waals surface area contributed by atoms with E-state index in [0.717, 1.165) is 32.0 Å². The molecule has 5 atom stereocenters. The third-order valence-electron chi connectivity index (χ3n) is 8.48. The summed E-state index contributed by atoms with van der Waals surface area (Å²) in [6.07, 6.45) is 9.28. The first-order chi connectivity index (χ1) is 13.6. The maximum Gasteiger partial charge on any atom is 0.302 e. The summed E-state index contributed by atoms with van der Waals surface area (Å²) < 4.78 is 11.1. The third-order valence-corrected chi connectivity index (χ3v) is 8.48. The highest BCUT2D eigenvalue weighted by molar-refractivity contribution is 5.75. The molecule has 3 aliphatic rings. The lowest BCUT2D eigenvalue weighted by molar-refractivity contribution is -0.187. The van der Waals surface area contributed by atoms with Gasteiger partial charge in [-0.1, -0.05) is 33.3 Å². The topological polar surface area (TPSA) is 69.7 Å². The minimum absolute atomic E-state index is 0.111. The summed E-state index contributed by atoms with van der Waals surface area (Å²) in [5, 5.41) is 0. The molecule has 2 saturated carbocycles. The third kappa shape index (κ3) is 3.77. The fraction of sp³-hybridized carbons (Fsp3) is 0.792. The van der Waals surface area contributed by atoms with Crippen molar-refractivity contribution in [2.24, 2.45) is 34.0 Å². The quantitative estimate of drug-likeness (QED) is 0.499. The summed E-state index contributed by atoms with van der Waals surface area (Å²) in [7, 11) is 0. The molecule has 0 radical (unpaired) electrons. The number of hydrogen-bond donors (Lipinski definition) is 0. The van der Waals surface area contributed by atoms with Crippen LogP contribution in [0.2, 0.25) is 0 Å². The predicted molar refractivity (Wildman–Crippen MR) is 110 cm³/mol. The molecule has 5 heteroatoms. The van der Waals surface area contributed by atoms with E-state index in [9.17, 15) is 14.4 Å². The fourth-order valence-corrected chi connectivity index (χ4v) is 7.30. The van der Waals surface area contributed by atoms with Crippen molar-refractivity contribution in [1.29, 1.82) is 0 Å². The Balaban J connectivity index is 2.07. The lowest BCUT2D eigenvalue weighted by Crippen LogP contribution is -2.61. The van der Waals surface area contributed by atoms with Crippen molar-refractivity contribution in [2.75, 3.05) is 13.2 Å². The number of carbonyl (C=O) groups is 3. The Labute approximate surface area is 174 Å². The molecule has 5 nitrogen and oxygen atoms in total. The molecule has 3 rings (SSSR count). The van der Waals surface area contributed by atoms with Gasteiger partial charge in [0, 0.05) is 25.2 Å². The first-order valence-electron chi connectivity index (χ1n) is 11.0. The zero-order valence-corrected chi connectivity index (χ0v) is 18.6. The molecule has 0 unspecified atom stereocenters. The molecule has 0 aromatic carbocycles. The number of allylic oxidation sites excluding steroid dienone is 1. The van der Waals surface area contributed by atoms with E-state index in [1.54, 1.807) is 0 Å². The first-order valence-corrected chi connectivity index (χ1v) is 11.0. The summed E-state index contributed by atoms with van der Waals surface area (Å²) >= 11 is 0. The molecule has 2 fully saturated rings. The number of esters is 2. The molecule has 0 saturated heterocycles. The van der Waals surface area contributed by atoms with Gasteiger partial charge in [-0.3, -0.25) is 14.4 Å².